The maximum Gasteiger partial charge on any atom is 0.123 e. The van der Waals surface area contributed by atoms with Gasteiger partial charge in [0.25, 0.3) is 0 Å². The SMILES string of the molecule is CCC(C)n1ccc(CC(NN)c2cc(F)ccc2N)n1. The van der Waals surface area contributed by atoms with Gasteiger partial charge in [-0.1, -0.05) is 6.92 Å². The van der Waals surface area contributed by atoms with Crippen LogP contribution in [0.1, 0.15) is 43.6 Å². The molecule has 0 radical (unpaired) electrons. The van der Waals surface area contributed by atoms with Crippen LogP contribution in [0.2, 0.25) is 0 Å². The normalized spacial score (nSPS) is 14.1. The van der Waals surface area contributed by atoms with E-state index in [0.717, 1.165) is 12.1 Å². The van der Waals surface area contributed by atoms with Crippen LogP contribution in [0.15, 0.2) is 30.5 Å². The molecule has 0 aliphatic heterocycles. The third kappa shape index (κ3) is 3.59. The lowest BCUT2D eigenvalue weighted by molar-refractivity contribution is 0.467. The van der Waals surface area contributed by atoms with Crippen molar-refractivity contribution in [3.05, 3.63) is 47.5 Å². The van der Waals surface area contributed by atoms with Gasteiger partial charge in [0, 0.05) is 24.3 Å². The van der Waals surface area contributed by atoms with Gasteiger partial charge >= 0.3 is 0 Å². The lowest BCUT2D eigenvalue weighted by Gasteiger charge is -2.17. The van der Waals surface area contributed by atoms with Crippen LogP contribution in [0.4, 0.5) is 10.1 Å². The van der Waals surface area contributed by atoms with E-state index in [4.69, 9.17) is 11.6 Å². The van der Waals surface area contributed by atoms with Crippen LogP contribution in [0.25, 0.3) is 0 Å². The fraction of sp³-hybridized carbons (Fsp3) is 0.400. The van der Waals surface area contributed by atoms with Crippen LogP contribution >= 0.6 is 0 Å². The molecule has 0 amide bonds. The third-order valence-electron chi connectivity index (χ3n) is 3.74. The Hall–Kier alpha value is -1.92. The molecular formula is C15H22FN5. The van der Waals surface area contributed by atoms with Crippen molar-refractivity contribution in [1.82, 2.24) is 15.2 Å². The Morgan fingerprint density at radius 2 is 2.14 bits per heavy atom. The first-order valence-corrected chi connectivity index (χ1v) is 7.10. The highest BCUT2D eigenvalue weighted by atomic mass is 19.1. The van der Waals surface area contributed by atoms with E-state index in [1.54, 1.807) is 6.07 Å². The van der Waals surface area contributed by atoms with E-state index in [1.165, 1.54) is 12.1 Å². The van der Waals surface area contributed by atoms with Crippen LogP contribution in [0.5, 0.6) is 0 Å². The number of hydrogen-bond acceptors (Lipinski definition) is 4. The number of nitrogen functional groups attached to an aromatic ring is 1. The fourth-order valence-corrected chi connectivity index (χ4v) is 2.23. The molecule has 5 N–H and O–H groups in total. The number of nitrogens with two attached hydrogens (primary N) is 2. The molecule has 0 saturated carbocycles. The summed E-state index contributed by atoms with van der Waals surface area (Å²) in [7, 11) is 0. The Bertz CT molecular complexity index is 595. The molecule has 2 rings (SSSR count). The summed E-state index contributed by atoms with van der Waals surface area (Å²) in [5, 5.41) is 4.53. The molecule has 0 bridgehead atoms. The highest BCUT2D eigenvalue weighted by Crippen LogP contribution is 2.24. The highest BCUT2D eigenvalue weighted by Gasteiger charge is 2.16. The van der Waals surface area contributed by atoms with Gasteiger partial charge in [-0.05, 0) is 43.2 Å². The van der Waals surface area contributed by atoms with Gasteiger partial charge in [0.15, 0.2) is 0 Å². The summed E-state index contributed by atoms with van der Waals surface area (Å²) < 4.78 is 15.3. The molecule has 1 aromatic heterocycles. The van der Waals surface area contributed by atoms with Gasteiger partial charge in [0.05, 0.1) is 11.7 Å². The Kier molecular flexibility index (Phi) is 4.93. The van der Waals surface area contributed by atoms with Crippen LogP contribution in [-0.4, -0.2) is 9.78 Å². The van der Waals surface area contributed by atoms with Gasteiger partial charge in [-0.25, -0.2) is 4.39 Å². The molecule has 5 nitrogen and oxygen atoms in total. The largest absolute Gasteiger partial charge is 0.398 e. The van der Waals surface area contributed by atoms with Crippen LogP contribution in [-0.2, 0) is 6.42 Å². The van der Waals surface area contributed by atoms with E-state index in [0.29, 0.717) is 23.7 Å². The van der Waals surface area contributed by atoms with E-state index in [-0.39, 0.29) is 11.9 Å². The summed E-state index contributed by atoms with van der Waals surface area (Å²) in [5.74, 6) is 5.27. The molecule has 1 aromatic carbocycles. The molecule has 0 spiro atoms. The van der Waals surface area contributed by atoms with Gasteiger partial charge in [-0.2, -0.15) is 5.10 Å². The molecule has 6 heteroatoms. The fourth-order valence-electron chi connectivity index (χ4n) is 2.23. The van der Waals surface area contributed by atoms with Crippen molar-refractivity contribution < 1.29 is 4.39 Å². The molecule has 21 heavy (non-hydrogen) atoms. The molecule has 0 saturated heterocycles. The molecular weight excluding hydrogens is 269 g/mol. The Labute approximate surface area is 124 Å². The first-order valence-electron chi connectivity index (χ1n) is 7.10. The predicted octanol–water partition coefficient (Wildman–Crippen LogP) is 2.32. The first-order chi connectivity index (χ1) is 10.0. The summed E-state index contributed by atoms with van der Waals surface area (Å²) in [6.07, 6.45) is 3.51. The maximum absolute atomic E-state index is 13.4. The highest BCUT2D eigenvalue weighted by molar-refractivity contribution is 5.48. The number of hydrazine groups is 1. The van der Waals surface area contributed by atoms with Crippen molar-refractivity contribution >= 4 is 5.69 Å². The second kappa shape index (κ2) is 6.69. The van der Waals surface area contributed by atoms with Crippen molar-refractivity contribution in [2.45, 2.75) is 38.8 Å². The zero-order chi connectivity index (χ0) is 15.4. The van der Waals surface area contributed by atoms with Gasteiger partial charge in [0.1, 0.15) is 5.82 Å². The number of hydrogen-bond donors (Lipinski definition) is 3. The van der Waals surface area contributed by atoms with Gasteiger partial charge in [0.2, 0.25) is 0 Å². The molecule has 0 fully saturated rings. The summed E-state index contributed by atoms with van der Waals surface area (Å²) in [6.45, 7) is 4.23. The minimum Gasteiger partial charge on any atom is -0.398 e. The standard InChI is InChI=1S/C15H22FN5/c1-3-10(2)21-7-6-12(20-21)9-15(19-18)13-8-11(16)4-5-14(13)17/h4-8,10,15,19H,3,9,17-18H2,1-2H3. The Morgan fingerprint density at radius 3 is 2.81 bits per heavy atom. The second-order valence-corrected chi connectivity index (χ2v) is 5.24. The number of rotatable bonds is 6. The van der Waals surface area contributed by atoms with Crippen molar-refractivity contribution in [2.75, 3.05) is 5.73 Å². The van der Waals surface area contributed by atoms with Gasteiger partial charge in [-0.15, -0.1) is 0 Å². The van der Waals surface area contributed by atoms with Crippen LogP contribution < -0.4 is 17.0 Å². The van der Waals surface area contributed by atoms with Gasteiger partial charge < -0.3 is 5.73 Å². The molecule has 114 valence electrons. The summed E-state index contributed by atoms with van der Waals surface area (Å²) in [4.78, 5) is 0. The van der Waals surface area contributed by atoms with Crippen molar-refractivity contribution in [2.24, 2.45) is 5.84 Å². The van der Waals surface area contributed by atoms with Gasteiger partial charge in [-0.3, -0.25) is 16.0 Å². The maximum atomic E-state index is 13.4. The topological polar surface area (TPSA) is 81.9 Å². The zero-order valence-corrected chi connectivity index (χ0v) is 12.4. The average molecular weight is 291 g/mol. The smallest absolute Gasteiger partial charge is 0.123 e. The average Bonchev–Trinajstić information content (AvgIpc) is 2.95. The molecule has 0 aliphatic carbocycles. The minimum atomic E-state index is -0.329. The van der Waals surface area contributed by atoms with Crippen molar-refractivity contribution in [3.63, 3.8) is 0 Å². The molecule has 1 heterocycles. The number of nitrogens with zero attached hydrogens (tertiary/aromatic N) is 2. The quantitative estimate of drug-likeness (QED) is 0.433. The summed E-state index contributed by atoms with van der Waals surface area (Å²) >= 11 is 0. The monoisotopic (exact) mass is 291 g/mol. The molecule has 2 atom stereocenters. The minimum absolute atomic E-state index is 0.277. The van der Waals surface area contributed by atoms with Crippen LogP contribution in [0.3, 0.4) is 0 Å². The molecule has 2 aromatic rings. The number of halogens is 1. The third-order valence-corrected chi connectivity index (χ3v) is 3.74. The number of aromatic nitrogens is 2. The van der Waals surface area contributed by atoms with E-state index in [2.05, 4.69) is 24.4 Å². The molecule has 0 aliphatic rings. The van der Waals surface area contributed by atoms with Crippen LogP contribution in [0, 0.1) is 5.82 Å². The summed E-state index contributed by atoms with van der Waals surface area (Å²) in [6, 6.07) is 6.32. The number of benzene rings is 1. The molecule has 2 unspecified atom stereocenters. The van der Waals surface area contributed by atoms with E-state index < -0.39 is 0 Å². The number of nitrogens with one attached hydrogen (secondary N) is 1. The number of anilines is 1. The Balaban J connectivity index is 2.19. The van der Waals surface area contributed by atoms with E-state index in [1.807, 2.05) is 16.9 Å². The second-order valence-electron chi connectivity index (χ2n) is 5.24. The lowest BCUT2D eigenvalue weighted by Crippen LogP contribution is -2.30. The Morgan fingerprint density at radius 1 is 1.38 bits per heavy atom. The van der Waals surface area contributed by atoms with E-state index in [9.17, 15) is 4.39 Å². The van der Waals surface area contributed by atoms with E-state index >= 15 is 0 Å². The first kappa shape index (κ1) is 15.5. The van der Waals surface area contributed by atoms with Crippen molar-refractivity contribution in [1.29, 1.82) is 0 Å². The van der Waals surface area contributed by atoms with Crippen molar-refractivity contribution in [3.8, 4) is 0 Å². The summed E-state index contributed by atoms with van der Waals surface area (Å²) in [5.41, 5.74) is 10.7. The predicted molar refractivity (Wildman–Crippen MR) is 81.8 cm³/mol. The zero-order valence-electron chi connectivity index (χ0n) is 12.4. The lowest BCUT2D eigenvalue weighted by atomic mass is 10.0.